The zero-order chi connectivity index (χ0) is 13.2. The Morgan fingerprint density at radius 3 is 2.83 bits per heavy atom. The smallest absolute Gasteiger partial charge is 0.0701 e. The molecule has 0 aromatic carbocycles. The lowest BCUT2D eigenvalue weighted by Crippen LogP contribution is -2.61. The molecule has 1 aliphatic carbocycles. The minimum Gasteiger partial charge on any atom is -0.378 e. The topological polar surface area (TPSA) is 21.3 Å². The number of nitrogens with one attached hydrogen (secondary N) is 1. The highest BCUT2D eigenvalue weighted by atomic mass is 79.9. The highest BCUT2D eigenvalue weighted by molar-refractivity contribution is 9.11. The summed E-state index contributed by atoms with van der Waals surface area (Å²) in [6.45, 7) is 8.56. The Morgan fingerprint density at radius 1 is 1.50 bits per heavy atom. The number of ether oxygens (including phenoxy) is 1. The molecule has 1 saturated carbocycles. The molecule has 0 amide bonds. The lowest BCUT2D eigenvalue weighted by Gasteiger charge is -2.52. The molecular weight excluding hydrogens is 310 g/mol. The first-order chi connectivity index (χ1) is 8.54. The van der Waals surface area contributed by atoms with E-state index in [2.05, 4.69) is 54.2 Å². The van der Waals surface area contributed by atoms with E-state index in [1.54, 1.807) is 0 Å². The van der Waals surface area contributed by atoms with Crippen LogP contribution in [-0.2, 0) is 11.2 Å². The summed E-state index contributed by atoms with van der Waals surface area (Å²) >= 11 is 5.33. The summed E-state index contributed by atoms with van der Waals surface area (Å²) in [5.74, 6) is 0. The molecule has 0 aliphatic heterocycles. The number of hydrogen-bond donors (Lipinski definition) is 1. The van der Waals surface area contributed by atoms with Gasteiger partial charge in [0.25, 0.3) is 0 Å². The number of rotatable bonds is 6. The highest BCUT2D eigenvalue weighted by Crippen LogP contribution is 2.42. The second-order valence-electron chi connectivity index (χ2n) is 5.46. The molecule has 2 unspecified atom stereocenters. The first kappa shape index (κ1) is 14.5. The average Bonchev–Trinajstić information content (AvgIpc) is 2.73. The van der Waals surface area contributed by atoms with Crippen molar-refractivity contribution < 1.29 is 4.74 Å². The van der Waals surface area contributed by atoms with Crippen molar-refractivity contribution in [2.75, 3.05) is 13.2 Å². The van der Waals surface area contributed by atoms with E-state index in [1.165, 1.54) is 8.66 Å². The van der Waals surface area contributed by atoms with Crippen molar-refractivity contribution in [2.45, 2.75) is 45.8 Å². The van der Waals surface area contributed by atoms with Gasteiger partial charge >= 0.3 is 0 Å². The Bertz CT molecular complexity index is 391. The molecule has 0 bridgehead atoms. The fourth-order valence-electron chi connectivity index (χ4n) is 2.57. The zero-order valence-electron chi connectivity index (χ0n) is 11.3. The molecular formula is C14H22BrNOS. The predicted octanol–water partition coefficient (Wildman–Crippen LogP) is 3.85. The maximum Gasteiger partial charge on any atom is 0.0701 e. The summed E-state index contributed by atoms with van der Waals surface area (Å²) in [6.07, 6.45) is 2.69. The molecule has 0 spiro atoms. The van der Waals surface area contributed by atoms with Crippen molar-refractivity contribution in [3.63, 3.8) is 0 Å². The molecule has 1 fully saturated rings. The van der Waals surface area contributed by atoms with Gasteiger partial charge in [-0.15, -0.1) is 11.3 Å². The van der Waals surface area contributed by atoms with Gasteiger partial charge in [0.05, 0.1) is 9.89 Å². The van der Waals surface area contributed by atoms with Crippen LogP contribution in [0.2, 0.25) is 0 Å². The van der Waals surface area contributed by atoms with Crippen LogP contribution in [-0.4, -0.2) is 25.3 Å². The van der Waals surface area contributed by atoms with Crippen molar-refractivity contribution in [3.8, 4) is 0 Å². The summed E-state index contributed by atoms with van der Waals surface area (Å²) in [5.41, 5.74) is 0.270. The lowest BCUT2D eigenvalue weighted by molar-refractivity contribution is -0.113. The molecule has 1 aromatic rings. The Morgan fingerprint density at radius 2 is 2.28 bits per heavy atom. The second-order valence-corrected chi connectivity index (χ2v) is 8.01. The Balaban J connectivity index is 1.72. The summed E-state index contributed by atoms with van der Waals surface area (Å²) in [5, 5.41) is 3.67. The van der Waals surface area contributed by atoms with Crippen LogP contribution in [0.4, 0.5) is 0 Å². The van der Waals surface area contributed by atoms with Gasteiger partial charge in [-0.25, -0.2) is 0 Å². The van der Waals surface area contributed by atoms with Crippen LogP contribution in [0.3, 0.4) is 0 Å². The van der Waals surface area contributed by atoms with Gasteiger partial charge in [0.2, 0.25) is 0 Å². The van der Waals surface area contributed by atoms with Gasteiger partial charge in [-0.2, -0.15) is 0 Å². The second kappa shape index (κ2) is 6.04. The van der Waals surface area contributed by atoms with Crippen molar-refractivity contribution in [2.24, 2.45) is 5.41 Å². The largest absolute Gasteiger partial charge is 0.378 e. The maximum absolute atomic E-state index is 5.75. The maximum atomic E-state index is 5.75. The highest BCUT2D eigenvalue weighted by Gasteiger charge is 2.48. The Hall–Kier alpha value is 0.1000. The third-order valence-corrected chi connectivity index (χ3v) is 5.62. The molecule has 2 rings (SSSR count). The number of halogens is 1. The van der Waals surface area contributed by atoms with Gasteiger partial charge in [-0.05, 0) is 47.8 Å². The van der Waals surface area contributed by atoms with Crippen LogP contribution in [0, 0.1) is 5.41 Å². The standard InChI is InChI=1S/C14H22BrNOS/c1-4-17-12-9-11(14(12,2)3)16-8-7-10-5-6-13(15)18-10/h5-6,11-12,16H,4,7-9H2,1-3H3. The quantitative estimate of drug-likeness (QED) is 0.854. The third kappa shape index (κ3) is 3.16. The van der Waals surface area contributed by atoms with Gasteiger partial charge in [0, 0.05) is 29.5 Å². The summed E-state index contributed by atoms with van der Waals surface area (Å²) in [4.78, 5) is 1.44. The van der Waals surface area contributed by atoms with Gasteiger partial charge in [-0.1, -0.05) is 13.8 Å². The molecule has 1 heterocycles. The van der Waals surface area contributed by atoms with Crippen molar-refractivity contribution in [1.82, 2.24) is 5.32 Å². The van der Waals surface area contributed by atoms with E-state index in [4.69, 9.17) is 4.74 Å². The fraction of sp³-hybridized carbons (Fsp3) is 0.714. The monoisotopic (exact) mass is 331 g/mol. The summed E-state index contributed by atoms with van der Waals surface area (Å²) in [7, 11) is 0. The van der Waals surface area contributed by atoms with Crippen LogP contribution < -0.4 is 5.32 Å². The molecule has 1 aliphatic rings. The van der Waals surface area contributed by atoms with Gasteiger partial charge in [-0.3, -0.25) is 0 Å². The number of hydrogen-bond acceptors (Lipinski definition) is 3. The van der Waals surface area contributed by atoms with Crippen molar-refractivity contribution >= 4 is 27.3 Å². The van der Waals surface area contributed by atoms with Crippen LogP contribution in [0.25, 0.3) is 0 Å². The summed E-state index contributed by atoms with van der Waals surface area (Å²) in [6, 6.07) is 4.92. The van der Waals surface area contributed by atoms with Crippen molar-refractivity contribution in [3.05, 3.63) is 20.8 Å². The third-order valence-electron chi connectivity index (χ3n) is 3.94. The average molecular weight is 332 g/mol. The lowest BCUT2D eigenvalue weighted by atomic mass is 9.64. The predicted molar refractivity (Wildman–Crippen MR) is 81.3 cm³/mol. The molecule has 2 atom stereocenters. The van der Waals surface area contributed by atoms with E-state index in [0.717, 1.165) is 26.0 Å². The van der Waals surface area contributed by atoms with E-state index in [-0.39, 0.29) is 5.41 Å². The van der Waals surface area contributed by atoms with E-state index in [9.17, 15) is 0 Å². The van der Waals surface area contributed by atoms with Crippen LogP contribution >= 0.6 is 27.3 Å². The first-order valence-electron chi connectivity index (χ1n) is 6.63. The zero-order valence-corrected chi connectivity index (χ0v) is 13.7. The molecule has 102 valence electrons. The van der Waals surface area contributed by atoms with Gasteiger partial charge < -0.3 is 10.1 Å². The van der Waals surface area contributed by atoms with Gasteiger partial charge in [0.15, 0.2) is 0 Å². The van der Waals surface area contributed by atoms with Crippen molar-refractivity contribution in [1.29, 1.82) is 0 Å². The molecule has 0 saturated heterocycles. The molecule has 2 nitrogen and oxygen atoms in total. The molecule has 1 N–H and O–H groups in total. The minimum atomic E-state index is 0.270. The summed E-state index contributed by atoms with van der Waals surface area (Å²) < 4.78 is 6.97. The van der Waals surface area contributed by atoms with E-state index < -0.39 is 0 Å². The normalized spacial score (nSPS) is 26.0. The molecule has 1 aromatic heterocycles. The van der Waals surface area contributed by atoms with E-state index in [0.29, 0.717) is 12.1 Å². The Labute approximate surface area is 122 Å². The van der Waals surface area contributed by atoms with Crippen LogP contribution in [0.15, 0.2) is 15.9 Å². The van der Waals surface area contributed by atoms with E-state index in [1.807, 2.05) is 11.3 Å². The number of thiophene rings is 1. The van der Waals surface area contributed by atoms with E-state index >= 15 is 0 Å². The first-order valence-corrected chi connectivity index (χ1v) is 8.24. The van der Waals surface area contributed by atoms with Crippen LogP contribution in [0.1, 0.15) is 32.1 Å². The minimum absolute atomic E-state index is 0.270. The SMILES string of the molecule is CCOC1CC(NCCc2ccc(Br)s2)C1(C)C. The van der Waals surface area contributed by atoms with Crippen LogP contribution in [0.5, 0.6) is 0 Å². The fourth-order valence-corrected chi connectivity index (χ4v) is 4.05. The molecule has 4 heteroatoms. The Kier molecular flexibility index (Phi) is 4.86. The molecule has 18 heavy (non-hydrogen) atoms. The molecule has 0 radical (unpaired) electrons. The van der Waals surface area contributed by atoms with Gasteiger partial charge in [0.1, 0.15) is 0 Å².